The molecule has 2 aromatic rings. The Bertz CT molecular complexity index is 509. The van der Waals surface area contributed by atoms with Crippen LogP contribution in [0.2, 0.25) is 0 Å². The number of methoxy groups -OCH3 is 1. The maximum Gasteiger partial charge on any atom is 0.119 e. The Hall–Kier alpha value is -2.03. The Balaban J connectivity index is 2.46. The Morgan fingerprint density at radius 1 is 1.19 bits per heavy atom. The van der Waals surface area contributed by atoms with E-state index in [1.165, 1.54) is 0 Å². The molecule has 0 radical (unpaired) electrons. The summed E-state index contributed by atoms with van der Waals surface area (Å²) >= 11 is 0. The van der Waals surface area contributed by atoms with Gasteiger partial charge in [0.2, 0.25) is 0 Å². The second-order valence-electron chi connectivity index (χ2n) is 3.60. The van der Waals surface area contributed by atoms with Gasteiger partial charge in [-0.3, -0.25) is 4.98 Å². The molecule has 16 heavy (non-hydrogen) atoms. The first-order chi connectivity index (χ1) is 7.70. The van der Waals surface area contributed by atoms with Crippen LogP contribution in [0.15, 0.2) is 36.4 Å². The van der Waals surface area contributed by atoms with Crippen molar-refractivity contribution in [3.63, 3.8) is 0 Å². The molecule has 0 saturated heterocycles. The molecule has 2 N–H and O–H groups in total. The van der Waals surface area contributed by atoms with E-state index in [-0.39, 0.29) is 0 Å². The van der Waals surface area contributed by atoms with Crippen molar-refractivity contribution in [1.29, 1.82) is 0 Å². The van der Waals surface area contributed by atoms with Crippen molar-refractivity contribution in [1.82, 2.24) is 4.98 Å². The second kappa shape index (κ2) is 4.23. The molecule has 2 rings (SSSR count). The van der Waals surface area contributed by atoms with Gasteiger partial charge in [0.25, 0.3) is 0 Å². The molecule has 0 aliphatic carbocycles. The van der Waals surface area contributed by atoms with E-state index < -0.39 is 0 Å². The summed E-state index contributed by atoms with van der Waals surface area (Å²) in [5.74, 6) is 0.828. The van der Waals surface area contributed by atoms with Crippen molar-refractivity contribution in [2.45, 2.75) is 6.92 Å². The molecular weight excluding hydrogens is 200 g/mol. The van der Waals surface area contributed by atoms with Gasteiger partial charge in [-0.25, -0.2) is 0 Å². The lowest BCUT2D eigenvalue weighted by molar-refractivity contribution is 0.415. The minimum Gasteiger partial charge on any atom is -0.497 e. The monoisotopic (exact) mass is 214 g/mol. The summed E-state index contributed by atoms with van der Waals surface area (Å²) < 4.78 is 5.18. The number of ether oxygens (including phenoxy) is 1. The van der Waals surface area contributed by atoms with Gasteiger partial charge in [-0.1, -0.05) is 12.1 Å². The number of nitrogens with two attached hydrogens (primary N) is 1. The highest BCUT2D eigenvalue weighted by atomic mass is 16.5. The van der Waals surface area contributed by atoms with Crippen molar-refractivity contribution in [3.8, 4) is 17.0 Å². The quantitative estimate of drug-likeness (QED) is 0.836. The van der Waals surface area contributed by atoms with Crippen molar-refractivity contribution >= 4 is 5.69 Å². The Morgan fingerprint density at radius 3 is 2.69 bits per heavy atom. The normalized spacial score (nSPS) is 10.1. The lowest BCUT2D eigenvalue weighted by atomic mass is 10.1. The summed E-state index contributed by atoms with van der Waals surface area (Å²) in [6, 6.07) is 11.6. The molecule has 3 nitrogen and oxygen atoms in total. The fourth-order valence-corrected chi connectivity index (χ4v) is 1.51. The smallest absolute Gasteiger partial charge is 0.119 e. The van der Waals surface area contributed by atoms with E-state index in [0.29, 0.717) is 5.69 Å². The molecule has 0 saturated carbocycles. The van der Waals surface area contributed by atoms with E-state index in [0.717, 1.165) is 22.7 Å². The number of pyridine rings is 1. The number of nitrogen functional groups attached to an aromatic ring is 1. The fraction of sp³-hybridized carbons (Fsp3) is 0.154. The minimum absolute atomic E-state index is 0.714. The molecule has 1 aromatic carbocycles. The zero-order valence-electron chi connectivity index (χ0n) is 9.40. The third kappa shape index (κ3) is 1.98. The largest absolute Gasteiger partial charge is 0.497 e. The van der Waals surface area contributed by atoms with Gasteiger partial charge in [-0.05, 0) is 31.2 Å². The van der Waals surface area contributed by atoms with Crippen LogP contribution in [0.25, 0.3) is 11.3 Å². The van der Waals surface area contributed by atoms with Gasteiger partial charge in [0.15, 0.2) is 0 Å². The number of aromatic nitrogens is 1. The maximum atomic E-state index is 5.74. The summed E-state index contributed by atoms with van der Waals surface area (Å²) in [4.78, 5) is 4.44. The van der Waals surface area contributed by atoms with Crippen LogP contribution in [-0.4, -0.2) is 12.1 Å². The number of benzene rings is 1. The van der Waals surface area contributed by atoms with Crippen LogP contribution in [0.3, 0.4) is 0 Å². The first-order valence-corrected chi connectivity index (χ1v) is 5.08. The van der Waals surface area contributed by atoms with Crippen molar-refractivity contribution in [2.75, 3.05) is 12.8 Å². The first-order valence-electron chi connectivity index (χ1n) is 5.08. The van der Waals surface area contributed by atoms with Gasteiger partial charge in [-0.2, -0.15) is 0 Å². The summed E-state index contributed by atoms with van der Waals surface area (Å²) in [7, 11) is 1.65. The molecule has 0 aliphatic rings. The highest BCUT2D eigenvalue weighted by Crippen LogP contribution is 2.23. The fourth-order valence-electron chi connectivity index (χ4n) is 1.51. The van der Waals surface area contributed by atoms with Crippen molar-refractivity contribution < 1.29 is 4.74 Å². The molecule has 0 spiro atoms. The number of hydrogen-bond acceptors (Lipinski definition) is 3. The van der Waals surface area contributed by atoms with E-state index in [4.69, 9.17) is 10.5 Å². The first kappa shape index (κ1) is 10.5. The van der Waals surface area contributed by atoms with E-state index in [2.05, 4.69) is 4.98 Å². The molecule has 1 heterocycles. The highest BCUT2D eigenvalue weighted by Gasteiger charge is 2.02. The topological polar surface area (TPSA) is 48.1 Å². The average molecular weight is 214 g/mol. The summed E-state index contributed by atoms with van der Waals surface area (Å²) in [5.41, 5.74) is 9.24. The molecule has 0 amide bonds. The molecule has 1 aromatic heterocycles. The standard InChI is InChI=1S/C13H14N2O/c1-9-12(14)6-7-13(15-9)10-4-3-5-11(8-10)16-2/h3-8H,14H2,1-2H3. The Kier molecular flexibility index (Phi) is 2.77. The molecule has 0 unspecified atom stereocenters. The average Bonchev–Trinajstić information content (AvgIpc) is 2.33. The molecule has 0 bridgehead atoms. The van der Waals surface area contributed by atoms with Gasteiger partial charge < -0.3 is 10.5 Å². The van der Waals surface area contributed by atoms with Crippen LogP contribution < -0.4 is 10.5 Å². The van der Waals surface area contributed by atoms with E-state index in [1.807, 2.05) is 43.3 Å². The van der Waals surface area contributed by atoms with Gasteiger partial charge in [0.05, 0.1) is 24.2 Å². The lowest BCUT2D eigenvalue weighted by Gasteiger charge is -2.06. The van der Waals surface area contributed by atoms with Gasteiger partial charge in [0.1, 0.15) is 5.75 Å². The number of nitrogens with zero attached hydrogens (tertiary/aromatic N) is 1. The van der Waals surface area contributed by atoms with E-state index >= 15 is 0 Å². The van der Waals surface area contributed by atoms with Gasteiger partial charge in [-0.15, -0.1) is 0 Å². The van der Waals surface area contributed by atoms with Crippen molar-refractivity contribution in [2.24, 2.45) is 0 Å². The Morgan fingerprint density at radius 2 is 2.00 bits per heavy atom. The molecular formula is C13H14N2O. The van der Waals surface area contributed by atoms with Crippen LogP contribution in [0.1, 0.15) is 5.69 Å². The maximum absolute atomic E-state index is 5.74. The number of anilines is 1. The zero-order valence-corrected chi connectivity index (χ0v) is 9.40. The van der Waals surface area contributed by atoms with Crippen LogP contribution >= 0.6 is 0 Å². The molecule has 0 atom stereocenters. The summed E-state index contributed by atoms with van der Waals surface area (Å²) in [6.45, 7) is 1.90. The van der Waals surface area contributed by atoms with E-state index in [9.17, 15) is 0 Å². The van der Waals surface area contributed by atoms with Gasteiger partial charge in [0, 0.05) is 5.56 Å². The molecule has 0 fully saturated rings. The molecule has 3 heteroatoms. The lowest BCUT2D eigenvalue weighted by Crippen LogP contribution is -1.94. The zero-order chi connectivity index (χ0) is 11.5. The number of rotatable bonds is 2. The molecule has 0 aliphatic heterocycles. The van der Waals surface area contributed by atoms with Crippen LogP contribution in [-0.2, 0) is 0 Å². The highest BCUT2D eigenvalue weighted by molar-refractivity contribution is 5.63. The Labute approximate surface area is 94.9 Å². The van der Waals surface area contributed by atoms with Crippen molar-refractivity contribution in [3.05, 3.63) is 42.1 Å². The van der Waals surface area contributed by atoms with E-state index in [1.54, 1.807) is 7.11 Å². The third-order valence-corrected chi connectivity index (χ3v) is 2.49. The summed E-state index contributed by atoms with van der Waals surface area (Å²) in [5, 5.41) is 0. The molecule has 82 valence electrons. The van der Waals surface area contributed by atoms with Crippen LogP contribution in [0.4, 0.5) is 5.69 Å². The SMILES string of the molecule is COc1cccc(-c2ccc(N)c(C)n2)c1. The third-order valence-electron chi connectivity index (χ3n) is 2.49. The van der Waals surface area contributed by atoms with Crippen LogP contribution in [0, 0.1) is 6.92 Å². The minimum atomic E-state index is 0.714. The number of aryl methyl sites for hydroxylation is 1. The summed E-state index contributed by atoms with van der Waals surface area (Å²) in [6.07, 6.45) is 0. The predicted molar refractivity (Wildman–Crippen MR) is 65.4 cm³/mol. The predicted octanol–water partition coefficient (Wildman–Crippen LogP) is 2.65. The van der Waals surface area contributed by atoms with Crippen LogP contribution in [0.5, 0.6) is 5.75 Å². The second-order valence-corrected chi connectivity index (χ2v) is 3.60. The number of hydrogen-bond donors (Lipinski definition) is 1. The van der Waals surface area contributed by atoms with Gasteiger partial charge >= 0.3 is 0 Å².